The lowest BCUT2D eigenvalue weighted by Crippen LogP contribution is -2.34. The highest BCUT2D eigenvalue weighted by Gasteiger charge is 2.32. The van der Waals surface area contributed by atoms with Crippen LogP contribution in [0.2, 0.25) is 0 Å². The van der Waals surface area contributed by atoms with Gasteiger partial charge in [0.1, 0.15) is 0 Å². The van der Waals surface area contributed by atoms with Crippen LogP contribution in [0, 0.1) is 11.8 Å². The van der Waals surface area contributed by atoms with Crippen LogP contribution in [0.1, 0.15) is 71.4 Å². The second-order valence-electron chi connectivity index (χ2n) is 9.00. The van der Waals surface area contributed by atoms with Crippen molar-refractivity contribution in [3.8, 4) is 0 Å². The van der Waals surface area contributed by atoms with Crippen molar-refractivity contribution in [3.05, 3.63) is 46.0 Å². The van der Waals surface area contributed by atoms with E-state index in [1.807, 2.05) is 29.2 Å². The van der Waals surface area contributed by atoms with Crippen molar-refractivity contribution in [3.63, 3.8) is 0 Å². The number of carbonyl (C=O) groups excluding carboxylic acids is 2. The number of amides is 2. The number of nitrogens with one attached hydrogen (secondary N) is 1. The number of benzene rings is 1. The Labute approximate surface area is 181 Å². The van der Waals surface area contributed by atoms with Gasteiger partial charge in [0.05, 0.1) is 5.69 Å². The average molecular weight is 424 g/mol. The van der Waals surface area contributed by atoms with Crippen LogP contribution in [0.4, 0.5) is 5.13 Å². The van der Waals surface area contributed by atoms with Crippen molar-refractivity contribution in [1.82, 2.24) is 9.88 Å². The fourth-order valence-electron chi connectivity index (χ4n) is 5.17. The van der Waals surface area contributed by atoms with Gasteiger partial charge in [-0.05, 0) is 68.9 Å². The Balaban J connectivity index is 1.12. The molecule has 5 rings (SSSR count). The molecule has 0 saturated heterocycles. The molecule has 1 aromatic heterocycles. The van der Waals surface area contributed by atoms with Gasteiger partial charge in [-0.15, -0.1) is 11.3 Å². The van der Waals surface area contributed by atoms with Gasteiger partial charge in [0.25, 0.3) is 5.91 Å². The number of aromatic nitrogens is 1. The van der Waals surface area contributed by atoms with Gasteiger partial charge in [-0.3, -0.25) is 9.59 Å². The zero-order chi connectivity index (χ0) is 20.5. The van der Waals surface area contributed by atoms with Gasteiger partial charge in [-0.1, -0.05) is 24.6 Å². The van der Waals surface area contributed by atoms with Crippen LogP contribution in [0.15, 0.2) is 24.3 Å². The summed E-state index contributed by atoms with van der Waals surface area (Å²) >= 11 is 1.67. The molecule has 0 radical (unpaired) electrons. The zero-order valence-electron chi connectivity index (χ0n) is 17.4. The number of anilines is 1. The third-order valence-electron chi connectivity index (χ3n) is 6.92. The Kier molecular flexibility index (Phi) is 5.59. The Morgan fingerprint density at radius 2 is 1.90 bits per heavy atom. The van der Waals surface area contributed by atoms with Crippen LogP contribution in [-0.4, -0.2) is 28.2 Å². The van der Waals surface area contributed by atoms with Gasteiger partial charge >= 0.3 is 0 Å². The smallest absolute Gasteiger partial charge is 0.254 e. The lowest BCUT2D eigenvalue weighted by atomic mass is 9.81. The van der Waals surface area contributed by atoms with Crippen molar-refractivity contribution >= 4 is 28.3 Å². The molecule has 1 N–H and O–H groups in total. The van der Waals surface area contributed by atoms with Gasteiger partial charge in [-0.25, -0.2) is 4.98 Å². The number of hydrogen-bond acceptors (Lipinski definition) is 4. The molecule has 6 heteroatoms. The summed E-state index contributed by atoms with van der Waals surface area (Å²) in [5, 5.41) is 3.89. The standard InChI is InChI=1S/C24H29N3O2S/c28-22(26-24-25-20-8-2-1-3-9-21(20)30-24)17-12-10-16(11-13-17)14-27-15-18-6-4-5-7-19(18)23(27)29/h4-7,16-17H,1-3,8-15H2,(H,25,26,28). The number of nitrogens with zero attached hydrogens (tertiary/aromatic N) is 2. The van der Waals surface area contributed by atoms with Crippen LogP contribution in [0.3, 0.4) is 0 Å². The molecule has 2 aliphatic carbocycles. The van der Waals surface area contributed by atoms with E-state index in [-0.39, 0.29) is 17.7 Å². The average Bonchev–Trinajstić information content (AvgIpc) is 3.20. The van der Waals surface area contributed by atoms with E-state index in [9.17, 15) is 9.59 Å². The minimum absolute atomic E-state index is 0.0661. The summed E-state index contributed by atoms with van der Waals surface area (Å²) < 4.78 is 0. The number of fused-ring (bicyclic) bond motifs is 2. The van der Waals surface area contributed by atoms with Gasteiger partial charge in [-0.2, -0.15) is 0 Å². The third kappa shape index (κ3) is 4.02. The van der Waals surface area contributed by atoms with Crippen LogP contribution >= 0.6 is 11.3 Å². The number of thiazole rings is 1. The maximum Gasteiger partial charge on any atom is 0.254 e. The van der Waals surface area contributed by atoms with Crippen LogP contribution in [0.5, 0.6) is 0 Å². The minimum atomic E-state index is 0.0661. The fourth-order valence-corrected chi connectivity index (χ4v) is 6.22. The van der Waals surface area contributed by atoms with E-state index in [2.05, 4.69) is 5.32 Å². The Bertz CT molecular complexity index is 922. The lowest BCUT2D eigenvalue weighted by molar-refractivity contribution is -0.121. The molecule has 1 saturated carbocycles. The van der Waals surface area contributed by atoms with Gasteiger partial charge in [0.15, 0.2) is 5.13 Å². The molecule has 0 unspecified atom stereocenters. The Morgan fingerprint density at radius 1 is 1.10 bits per heavy atom. The van der Waals surface area contributed by atoms with E-state index in [0.29, 0.717) is 5.92 Å². The van der Waals surface area contributed by atoms with Gasteiger partial charge in [0.2, 0.25) is 5.91 Å². The highest BCUT2D eigenvalue weighted by molar-refractivity contribution is 7.15. The molecule has 0 spiro atoms. The first-order valence-electron chi connectivity index (χ1n) is 11.3. The minimum Gasteiger partial charge on any atom is -0.334 e. The molecular formula is C24H29N3O2S. The van der Waals surface area contributed by atoms with Crippen LogP contribution < -0.4 is 5.32 Å². The maximum atomic E-state index is 12.8. The molecule has 1 fully saturated rings. The topological polar surface area (TPSA) is 62.3 Å². The summed E-state index contributed by atoms with van der Waals surface area (Å²) in [5.41, 5.74) is 3.19. The molecule has 158 valence electrons. The lowest BCUT2D eigenvalue weighted by Gasteiger charge is -2.30. The SMILES string of the molecule is O=C(Nc1nc2c(s1)CCCCC2)C1CCC(CN2Cc3ccccc3C2=O)CC1. The first kappa shape index (κ1) is 19.7. The third-order valence-corrected chi connectivity index (χ3v) is 7.99. The van der Waals surface area contributed by atoms with Crippen LogP contribution in [-0.2, 0) is 24.2 Å². The Hall–Kier alpha value is -2.21. The number of carbonyl (C=O) groups is 2. The van der Waals surface area contributed by atoms with Crippen molar-refractivity contribution < 1.29 is 9.59 Å². The van der Waals surface area contributed by atoms with Crippen molar-refractivity contribution in [2.75, 3.05) is 11.9 Å². The normalized spacial score (nSPS) is 23.6. The number of hydrogen-bond donors (Lipinski definition) is 1. The zero-order valence-corrected chi connectivity index (χ0v) is 18.2. The second-order valence-corrected chi connectivity index (χ2v) is 10.1. The first-order valence-corrected chi connectivity index (χ1v) is 12.2. The van der Waals surface area contributed by atoms with Gasteiger partial charge in [0, 0.05) is 29.4 Å². The summed E-state index contributed by atoms with van der Waals surface area (Å²) in [6.45, 7) is 1.53. The van der Waals surface area contributed by atoms with Crippen molar-refractivity contribution in [2.24, 2.45) is 11.8 Å². The molecule has 1 aliphatic heterocycles. The summed E-state index contributed by atoms with van der Waals surface area (Å²) in [6.07, 6.45) is 9.68. The molecule has 2 heterocycles. The largest absolute Gasteiger partial charge is 0.334 e. The quantitative estimate of drug-likeness (QED) is 0.718. The molecular weight excluding hydrogens is 394 g/mol. The predicted octanol–water partition coefficient (Wildman–Crippen LogP) is 4.81. The van der Waals surface area contributed by atoms with Crippen molar-refractivity contribution in [1.29, 1.82) is 0 Å². The number of aryl methyl sites for hydroxylation is 2. The van der Waals surface area contributed by atoms with E-state index < -0.39 is 0 Å². The van der Waals surface area contributed by atoms with Crippen molar-refractivity contribution in [2.45, 2.75) is 64.3 Å². The maximum absolute atomic E-state index is 12.8. The molecule has 3 aliphatic rings. The van der Waals surface area contributed by atoms with E-state index >= 15 is 0 Å². The summed E-state index contributed by atoms with van der Waals surface area (Å²) in [6, 6.07) is 7.91. The van der Waals surface area contributed by atoms with E-state index in [1.54, 1.807) is 11.3 Å². The first-order chi connectivity index (χ1) is 14.7. The highest BCUT2D eigenvalue weighted by Crippen LogP contribution is 2.34. The molecule has 0 atom stereocenters. The summed E-state index contributed by atoms with van der Waals surface area (Å²) in [4.78, 5) is 33.4. The predicted molar refractivity (Wildman–Crippen MR) is 119 cm³/mol. The summed E-state index contributed by atoms with van der Waals surface area (Å²) in [5.74, 6) is 0.843. The van der Waals surface area contributed by atoms with E-state index in [4.69, 9.17) is 4.98 Å². The van der Waals surface area contributed by atoms with Crippen LogP contribution in [0.25, 0.3) is 0 Å². The molecule has 30 heavy (non-hydrogen) atoms. The molecule has 0 bridgehead atoms. The monoisotopic (exact) mass is 423 g/mol. The van der Waals surface area contributed by atoms with Gasteiger partial charge < -0.3 is 10.2 Å². The highest BCUT2D eigenvalue weighted by atomic mass is 32.1. The molecule has 2 amide bonds. The molecule has 5 nitrogen and oxygen atoms in total. The van der Waals surface area contributed by atoms with E-state index in [1.165, 1.54) is 29.8 Å². The number of rotatable bonds is 4. The summed E-state index contributed by atoms with van der Waals surface area (Å²) in [7, 11) is 0. The molecule has 2 aromatic rings. The second kappa shape index (κ2) is 8.50. The fraction of sp³-hybridized carbons (Fsp3) is 0.542. The Morgan fingerprint density at radius 3 is 2.73 bits per heavy atom. The molecule has 1 aromatic carbocycles. The van der Waals surface area contributed by atoms with E-state index in [0.717, 1.165) is 67.9 Å².